The zero-order valence-corrected chi connectivity index (χ0v) is 32.3. The van der Waals surface area contributed by atoms with Crippen LogP contribution < -0.4 is 21.7 Å². The Morgan fingerprint density at radius 1 is 1.00 bits per heavy atom. The molecule has 12 nitrogen and oxygen atoms in total. The average molecular weight is 720 g/mol. The summed E-state index contributed by atoms with van der Waals surface area (Å²) in [6, 6.07) is -2.94. The fraction of sp³-hybridized carbons (Fsp3) is 0.811. The molecule has 3 saturated carbocycles. The smallest absolute Gasteiger partial charge is 0.315 e. The minimum absolute atomic E-state index is 0.119. The highest BCUT2D eigenvalue weighted by molar-refractivity contribution is 7.92. The maximum Gasteiger partial charge on any atom is 0.315 e. The second-order valence-corrected chi connectivity index (χ2v) is 20.8. The van der Waals surface area contributed by atoms with Gasteiger partial charge in [0.2, 0.25) is 17.6 Å². The highest BCUT2D eigenvalue weighted by atomic mass is 32.2. The predicted octanol–water partition coefficient (Wildman–Crippen LogP) is 3.63. The lowest BCUT2D eigenvalue weighted by atomic mass is 9.71. The molecule has 4 rings (SSSR count). The summed E-state index contributed by atoms with van der Waals surface area (Å²) in [5, 5.41) is 8.46. The summed E-state index contributed by atoms with van der Waals surface area (Å²) in [6.45, 7) is 18.2. The van der Waals surface area contributed by atoms with E-state index in [-0.39, 0.29) is 24.8 Å². The molecule has 1 saturated heterocycles. The molecule has 3 aliphatic carbocycles. The molecular formula is C37H61N5O7S. The Labute approximate surface area is 298 Å². The molecule has 5 amide bonds. The van der Waals surface area contributed by atoms with Crippen LogP contribution in [0.2, 0.25) is 0 Å². The van der Waals surface area contributed by atoms with Crippen LogP contribution in [0.15, 0.2) is 12.7 Å². The minimum atomic E-state index is -3.59. The number of piperidine rings is 1. The highest BCUT2D eigenvalue weighted by Crippen LogP contribution is 2.78. The Balaban J connectivity index is 1.65. The van der Waals surface area contributed by atoms with Gasteiger partial charge >= 0.3 is 6.03 Å². The number of primary amides is 1. The van der Waals surface area contributed by atoms with E-state index in [1.165, 1.54) is 11.0 Å². The number of nitrogens with two attached hydrogens (primary N) is 1. The second kappa shape index (κ2) is 13.9. The molecule has 4 aliphatic rings. The van der Waals surface area contributed by atoms with Crippen molar-refractivity contribution in [1.82, 2.24) is 20.9 Å². The summed E-state index contributed by atoms with van der Waals surface area (Å²) in [7, 11) is -3.59. The number of hydrogen-bond acceptors (Lipinski definition) is 7. The van der Waals surface area contributed by atoms with Crippen LogP contribution >= 0.6 is 0 Å². The van der Waals surface area contributed by atoms with Crippen LogP contribution in [0.25, 0.3) is 0 Å². The van der Waals surface area contributed by atoms with Gasteiger partial charge in [-0.2, -0.15) is 0 Å². The topological polar surface area (TPSA) is 185 Å². The largest absolute Gasteiger partial charge is 0.368 e. The number of fused-ring (bicyclic) bond motifs is 1. The van der Waals surface area contributed by atoms with Gasteiger partial charge in [-0.05, 0) is 69.1 Å². The Bertz CT molecular complexity index is 1480. The molecule has 0 spiro atoms. The van der Waals surface area contributed by atoms with E-state index in [1.54, 1.807) is 41.5 Å². The number of carbonyl (C=O) groups excluding carboxylic acids is 5. The van der Waals surface area contributed by atoms with Crippen LogP contribution in [0.1, 0.15) is 113 Å². The number of sulfone groups is 1. The zero-order valence-electron chi connectivity index (χ0n) is 31.4. The molecule has 4 fully saturated rings. The molecule has 282 valence electrons. The third-order valence-corrected chi connectivity index (χ3v) is 15.0. The van der Waals surface area contributed by atoms with Gasteiger partial charge in [-0.25, -0.2) is 13.2 Å². The van der Waals surface area contributed by atoms with E-state index >= 15 is 0 Å². The van der Waals surface area contributed by atoms with Crippen molar-refractivity contribution in [3.8, 4) is 0 Å². The summed E-state index contributed by atoms with van der Waals surface area (Å²) < 4.78 is 25.7. The van der Waals surface area contributed by atoms with Crippen molar-refractivity contribution >= 4 is 39.4 Å². The maximum absolute atomic E-state index is 14.6. The van der Waals surface area contributed by atoms with Crippen molar-refractivity contribution in [2.24, 2.45) is 39.7 Å². The summed E-state index contributed by atoms with van der Waals surface area (Å²) in [5.41, 5.74) is 2.71. The highest BCUT2D eigenvalue weighted by Gasteiger charge is 2.84. The van der Waals surface area contributed by atoms with Crippen LogP contribution in [0.4, 0.5) is 4.79 Å². The number of hydrogen-bond donors (Lipinski definition) is 4. The number of likely N-dealkylation sites (tertiary alicyclic amines) is 1. The number of amides is 5. The van der Waals surface area contributed by atoms with E-state index in [0.717, 1.165) is 38.5 Å². The van der Waals surface area contributed by atoms with Gasteiger partial charge in [0.15, 0.2) is 9.84 Å². The van der Waals surface area contributed by atoms with Crippen molar-refractivity contribution in [2.45, 2.75) is 136 Å². The monoisotopic (exact) mass is 719 g/mol. The van der Waals surface area contributed by atoms with E-state index in [1.807, 2.05) is 13.8 Å². The quantitative estimate of drug-likeness (QED) is 0.156. The molecule has 1 aliphatic heterocycles. The molecule has 50 heavy (non-hydrogen) atoms. The van der Waals surface area contributed by atoms with Crippen LogP contribution in [-0.4, -0.2) is 84.1 Å². The van der Waals surface area contributed by atoms with Crippen LogP contribution in [-0.2, 0) is 29.0 Å². The number of nitrogens with zero attached hydrogens (tertiary/aromatic N) is 1. The van der Waals surface area contributed by atoms with E-state index in [9.17, 15) is 32.4 Å². The number of Topliss-reactive ketones (excluding diaryl/α,β-unsaturated/α-hetero) is 1. The molecule has 0 radical (unpaired) electrons. The van der Waals surface area contributed by atoms with Crippen LogP contribution in [0.5, 0.6) is 0 Å². The molecule has 0 aromatic heterocycles. The van der Waals surface area contributed by atoms with Gasteiger partial charge in [0.1, 0.15) is 12.1 Å². The molecule has 5 N–H and O–H groups in total. The molecule has 3 unspecified atom stereocenters. The van der Waals surface area contributed by atoms with Gasteiger partial charge in [0.25, 0.3) is 5.91 Å². The molecule has 1 heterocycles. The van der Waals surface area contributed by atoms with Crippen LogP contribution in [0.3, 0.4) is 0 Å². The van der Waals surface area contributed by atoms with Crippen molar-refractivity contribution in [2.75, 3.05) is 18.8 Å². The first kappa shape index (κ1) is 39.8. The van der Waals surface area contributed by atoms with Gasteiger partial charge in [-0.15, -0.1) is 6.58 Å². The first-order valence-electron chi connectivity index (χ1n) is 18.3. The number of nitrogens with one attached hydrogen (secondary N) is 3. The van der Waals surface area contributed by atoms with Gasteiger partial charge in [-0.1, -0.05) is 72.8 Å². The third-order valence-electron chi connectivity index (χ3n) is 12.2. The lowest BCUT2D eigenvalue weighted by Crippen LogP contribution is -2.64. The first-order chi connectivity index (χ1) is 23.0. The van der Waals surface area contributed by atoms with E-state index < -0.39 is 83.9 Å². The lowest BCUT2D eigenvalue weighted by molar-refractivity contribution is -0.148. The van der Waals surface area contributed by atoms with Gasteiger partial charge < -0.3 is 26.6 Å². The normalized spacial score (nSPS) is 26.9. The lowest BCUT2D eigenvalue weighted by Gasteiger charge is -2.42. The predicted molar refractivity (Wildman–Crippen MR) is 192 cm³/mol. The number of rotatable bonds is 14. The fourth-order valence-electron chi connectivity index (χ4n) is 9.06. The van der Waals surface area contributed by atoms with E-state index in [2.05, 4.69) is 22.5 Å². The zero-order chi connectivity index (χ0) is 37.7. The summed E-state index contributed by atoms with van der Waals surface area (Å²) in [5.74, 6) is -3.49. The molecule has 0 bridgehead atoms. The molecule has 13 heteroatoms. The fourth-order valence-corrected chi connectivity index (χ4v) is 10.6. The van der Waals surface area contributed by atoms with Crippen molar-refractivity contribution in [1.29, 1.82) is 0 Å². The summed E-state index contributed by atoms with van der Waals surface area (Å²) in [6.07, 6.45) is 8.19. The molecule has 5 atom stereocenters. The standard InChI is InChI=1S/C37H61N5O7S/c1-10-20-39-30(45)26(43)24(17-16-23-14-15-23)37-25(35(37,8)9)21-42(28(37)29(38)44)31(46)27(33(2,3)4)40-32(47)41-36(18-12-11-13-19-36)22-50(48,49)34(5,6)7/h10,23-25,27-28H,1,11-22H2,2-9H3,(H2,38,44)(H,39,45)(H2,40,41,47)/t24-,25?,27-,28?,37?/m1/s1. The number of carbonyl (C=O) groups is 5. The molecular weight excluding hydrogens is 659 g/mol. The Hall–Kier alpha value is -2.96. The summed E-state index contributed by atoms with van der Waals surface area (Å²) in [4.78, 5) is 70.5. The Kier molecular flexibility index (Phi) is 11.1. The maximum atomic E-state index is 14.6. The van der Waals surface area contributed by atoms with E-state index in [0.29, 0.717) is 25.2 Å². The minimum Gasteiger partial charge on any atom is -0.368 e. The molecule has 0 aromatic rings. The molecule has 0 aromatic carbocycles. The van der Waals surface area contributed by atoms with E-state index in [4.69, 9.17) is 5.73 Å². The third kappa shape index (κ3) is 7.48. The van der Waals surface area contributed by atoms with Crippen molar-refractivity contribution in [3.63, 3.8) is 0 Å². The first-order valence-corrected chi connectivity index (χ1v) is 20.0. The average Bonchev–Trinajstić information content (AvgIpc) is 3.85. The number of urea groups is 1. The number of ketones is 1. The SMILES string of the molecule is C=CCNC(=O)C(=O)[C@@H](CCC1CC1)C12C(C(N)=O)N(C(=O)[C@@H](NC(=O)NC3(CS(=O)(=O)C(C)(C)C)CCCCC3)C(C)(C)C)CC1C2(C)C. The van der Waals surface area contributed by atoms with Gasteiger partial charge in [-0.3, -0.25) is 19.2 Å². The van der Waals surface area contributed by atoms with Crippen molar-refractivity contribution in [3.05, 3.63) is 12.7 Å². The summed E-state index contributed by atoms with van der Waals surface area (Å²) >= 11 is 0. The second-order valence-electron chi connectivity index (χ2n) is 18.0. The Morgan fingerprint density at radius 3 is 2.10 bits per heavy atom. The van der Waals surface area contributed by atoms with Crippen LogP contribution in [0, 0.1) is 34.0 Å². The Morgan fingerprint density at radius 2 is 1.60 bits per heavy atom. The van der Waals surface area contributed by atoms with Crippen molar-refractivity contribution < 1.29 is 32.4 Å². The van der Waals surface area contributed by atoms with Gasteiger partial charge in [0, 0.05) is 24.4 Å². The van der Waals surface area contributed by atoms with Gasteiger partial charge in [0.05, 0.1) is 16.0 Å².